The van der Waals surface area contributed by atoms with Crippen LogP contribution in [0.5, 0.6) is 0 Å². The quantitative estimate of drug-likeness (QED) is 0.620. The molecule has 3 unspecified atom stereocenters. The van der Waals surface area contributed by atoms with Crippen LogP contribution < -0.4 is 9.96 Å². The zero-order valence-electron chi connectivity index (χ0n) is 15.2. The first-order valence-corrected chi connectivity index (χ1v) is 9.57. The van der Waals surface area contributed by atoms with Crippen molar-refractivity contribution in [1.29, 1.82) is 0 Å². The molecule has 0 saturated carbocycles. The normalized spacial score (nSPS) is 23.6. The molecule has 2 aromatic carbocycles. The third-order valence-corrected chi connectivity index (χ3v) is 5.51. The number of rotatable bonds is 3. The van der Waals surface area contributed by atoms with Crippen LogP contribution >= 0.6 is 11.6 Å². The van der Waals surface area contributed by atoms with E-state index in [2.05, 4.69) is 4.98 Å². The number of fused-ring (bicyclic) bond motifs is 1. The maximum atomic E-state index is 13.4. The Labute approximate surface area is 172 Å². The molecule has 2 fully saturated rings. The van der Waals surface area contributed by atoms with Gasteiger partial charge in [0.2, 0.25) is 5.91 Å². The predicted octanol–water partition coefficient (Wildman–Crippen LogP) is 3.79. The number of hydrogen-bond donors (Lipinski definition) is 0. The molecule has 2 aliphatic heterocycles. The van der Waals surface area contributed by atoms with Gasteiger partial charge in [-0.3, -0.25) is 19.4 Å². The fourth-order valence-electron chi connectivity index (χ4n) is 3.96. The molecule has 29 heavy (non-hydrogen) atoms. The lowest BCUT2D eigenvalue weighted by Gasteiger charge is -2.28. The van der Waals surface area contributed by atoms with E-state index < -0.39 is 18.1 Å². The highest BCUT2D eigenvalue weighted by Gasteiger charge is 2.60. The standard InChI is InChI=1S/C22H16ClN3O3/c23-15-6-8-16(9-7-15)25-21(27)18-19(14-10-12-24-13-11-14)26(29-20(18)22(25)28)17-4-2-1-3-5-17/h1-13,18-20H. The van der Waals surface area contributed by atoms with Crippen LogP contribution in [-0.4, -0.2) is 22.9 Å². The topological polar surface area (TPSA) is 62.7 Å². The Balaban J connectivity index is 1.58. The van der Waals surface area contributed by atoms with Crippen LogP contribution in [0.2, 0.25) is 5.02 Å². The second-order valence-electron chi connectivity index (χ2n) is 6.93. The molecule has 2 saturated heterocycles. The summed E-state index contributed by atoms with van der Waals surface area (Å²) in [6, 6.07) is 19.3. The Kier molecular flexibility index (Phi) is 4.30. The van der Waals surface area contributed by atoms with Crippen LogP contribution in [0, 0.1) is 5.92 Å². The van der Waals surface area contributed by atoms with E-state index in [0.29, 0.717) is 10.7 Å². The van der Waals surface area contributed by atoms with E-state index in [1.165, 1.54) is 4.90 Å². The van der Waals surface area contributed by atoms with E-state index in [9.17, 15) is 9.59 Å². The summed E-state index contributed by atoms with van der Waals surface area (Å²) in [5.41, 5.74) is 2.12. The van der Waals surface area contributed by atoms with Crippen LogP contribution in [0.25, 0.3) is 0 Å². The van der Waals surface area contributed by atoms with E-state index in [-0.39, 0.29) is 11.8 Å². The number of carbonyl (C=O) groups excluding carboxylic acids is 2. The molecule has 3 atom stereocenters. The van der Waals surface area contributed by atoms with E-state index >= 15 is 0 Å². The Bertz CT molecular complexity index is 1060. The smallest absolute Gasteiger partial charge is 0.266 e. The fourth-order valence-corrected chi connectivity index (χ4v) is 4.08. The first-order valence-electron chi connectivity index (χ1n) is 9.19. The second kappa shape index (κ2) is 6.99. The maximum Gasteiger partial charge on any atom is 0.266 e. The average molecular weight is 406 g/mol. The lowest BCUT2D eigenvalue weighted by atomic mass is 9.91. The highest BCUT2D eigenvalue weighted by molar-refractivity contribution is 6.31. The van der Waals surface area contributed by atoms with Gasteiger partial charge in [-0.05, 0) is 54.1 Å². The summed E-state index contributed by atoms with van der Waals surface area (Å²) in [4.78, 5) is 37.9. The van der Waals surface area contributed by atoms with Crippen LogP contribution in [0.3, 0.4) is 0 Å². The summed E-state index contributed by atoms with van der Waals surface area (Å²) in [6.45, 7) is 0. The summed E-state index contributed by atoms with van der Waals surface area (Å²) in [5.74, 6) is -1.33. The number of hydroxylamine groups is 1. The van der Waals surface area contributed by atoms with E-state index in [0.717, 1.165) is 11.3 Å². The summed E-state index contributed by atoms with van der Waals surface area (Å²) in [7, 11) is 0. The Morgan fingerprint density at radius 3 is 2.21 bits per heavy atom. The van der Waals surface area contributed by atoms with Gasteiger partial charge in [-0.1, -0.05) is 29.8 Å². The molecule has 144 valence electrons. The molecule has 0 radical (unpaired) electrons. The molecule has 2 amide bonds. The SMILES string of the molecule is O=C1C2ON(c3ccccc3)C(c3ccncc3)C2C(=O)N1c1ccc(Cl)cc1. The molecule has 7 heteroatoms. The van der Waals surface area contributed by atoms with Crippen LogP contribution in [0.4, 0.5) is 11.4 Å². The number of carbonyl (C=O) groups is 2. The summed E-state index contributed by atoms with van der Waals surface area (Å²) < 4.78 is 0. The fraction of sp³-hybridized carbons (Fsp3) is 0.136. The highest BCUT2D eigenvalue weighted by Crippen LogP contribution is 2.47. The van der Waals surface area contributed by atoms with Crippen LogP contribution in [-0.2, 0) is 14.4 Å². The molecule has 1 aromatic heterocycles. The predicted molar refractivity (Wildman–Crippen MR) is 108 cm³/mol. The molecule has 0 spiro atoms. The van der Waals surface area contributed by atoms with Crippen molar-refractivity contribution in [2.75, 3.05) is 9.96 Å². The van der Waals surface area contributed by atoms with E-state index in [1.807, 2.05) is 42.5 Å². The van der Waals surface area contributed by atoms with Gasteiger partial charge >= 0.3 is 0 Å². The lowest BCUT2D eigenvalue weighted by molar-refractivity contribution is -0.126. The number of hydrogen-bond acceptors (Lipinski definition) is 5. The first-order chi connectivity index (χ1) is 14.1. The summed E-state index contributed by atoms with van der Waals surface area (Å²) >= 11 is 5.95. The average Bonchev–Trinajstić information content (AvgIpc) is 3.27. The van der Waals surface area contributed by atoms with Crippen molar-refractivity contribution in [2.45, 2.75) is 12.1 Å². The number of anilines is 2. The minimum Gasteiger partial charge on any atom is -0.273 e. The van der Waals surface area contributed by atoms with E-state index in [4.69, 9.17) is 16.4 Å². The van der Waals surface area contributed by atoms with Gasteiger partial charge in [0.1, 0.15) is 5.92 Å². The van der Waals surface area contributed by atoms with Gasteiger partial charge < -0.3 is 0 Å². The zero-order chi connectivity index (χ0) is 20.0. The largest absolute Gasteiger partial charge is 0.273 e. The zero-order valence-corrected chi connectivity index (χ0v) is 15.9. The van der Waals surface area contributed by atoms with Crippen molar-refractivity contribution in [3.8, 4) is 0 Å². The molecule has 0 N–H and O–H groups in total. The van der Waals surface area contributed by atoms with Gasteiger partial charge in [-0.15, -0.1) is 0 Å². The molecule has 2 aliphatic rings. The van der Waals surface area contributed by atoms with Crippen molar-refractivity contribution in [2.24, 2.45) is 5.92 Å². The molecule has 5 rings (SSSR count). The number of para-hydroxylation sites is 1. The number of amides is 2. The third-order valence-electron chi connectivity index (χ3n) is 5.26. The van der Waals surface area contributed by atoms with Gasteiger partial charge in [0.25, 0.3) is 5.91 Å². The molecule has 0 aliphatic carbocycles. The number of benzene rings is 2. The third kappa shape index (κ3) is 2.88. The number of nitrogens with zero attached hydrogens (tertiary/aromatic N) is 3. The second-order valence-corrected chi connectivity index (χ2v) is 7.36. The molecule has 0 bridgehead atoms. The molecule has 3 heterocycles. The summed E-state index contributed by atoms with van der Waals surface area (Å²) in [6.07, 6.45) is 2.45. The number of aromatic nitrogens is 1. The molecular weight excluding hydrogens is 390 g/mol. The minimum atomic E-state index is -0.892. The van der Waals surface area contributed by atoms with Gasteiger partial charge in [-0.25, -0.2) is 9.96 Å². The molecular formula is C22H16ClN3O3. The van der Waals surface area contributed by atoms with Crippen LogP contribution in [0.1, 0.15) is 11.6 Å². The van der Waals surface area contributed by atoms with Crippen molar-refractivity contribution in [1.82, 2.24) is 4.98 Å². The van der Waals surface area contributed by atoms with E-state index in [1.54, 1.807) is 41.7 Å². The van der Waals surface area contributed by atoms with Crippen molar-refractivity contribution in [3.63, 3.8) is 0 Å². The number of halogens is 1. The monoisotopic (exact) mass is 405 g/mol. The van der Waals surface area contributed by atoms with Gasteiger partial charge in [-0.2, -0.15) is 0 Å². The highest BCUT2D eigenvalue weighted by atomic mass is 35.5. The van der Waals surface area contributed by atoms with Crippen molar-refractivity contribution < 1.29 is 14.4 Å². The maximum absolute atomic E-state index is 13.4. The molecule has 6 nitrogen and oxygen atoms in total. The molecule has 3 aromatic rings. The van der Waals surface area contributed by atoms with Gasteiger partial charge in [0, 0.05) is 17.4 Å². The first kappa shape index (κ1) is 17.8. The summed E-state index contributed by atoms with van der Waals surface area (Å²) in [5, 5.41) is 2.20. The minimum absolute atomic E-state index is 0.289. The Morgan fingerprint density at radius 1 is 0.828 bits per heavy atom. The number of pyridine rings is 1. The lowest BCUT2D eigenvalue weighted by Crippen LogP contribution is -2.37. The Hall–Kier alpha value is -3.22. The van der Waals surface area contributed by atoms with Gasteiger partial charge in [0.15, 0.2) is 6.10 Å². The van der Waals surface area contributed by atoms with Crippen LogP contribution in [0.15, 0.2) is 79.1 Å². The number of imide groups is 1. The van der Waals surface area contributed by atoms with Crippen molar-refractivity contribution in [3.05, 3.63) is 89.7 Å². The Morgan fingerprint density at radius 2 is 1.52 bits per heavy atom. The van der Waals surface area contributed by atoms with Crippen molar-refractivity contribution >= 4 is 34.8 Å². The van der Waals surface area contributed by atoms with Gasteiger partial charge in [0.05, 0.1) is 17.4 Å².